The van der Waals surface area contributed by atoms with E-state index in [9.17, 15) is 9.59 Å². The Hall–Kier alpha value is -3.29. The minimum Gasteiger partial charge on any atom is -0.374 e. The molecular formula is C25H26N4O3. The molecule has 1 N–H and O–H groups in total. The zero-order chi connectivity index (χ0) is 21.9. The highest BCUT2D eigenvalue weighted by molar-refractivity contribution is 5.97. The average molecular weight is 431 g/mol. The van der Waals surface area contributed by atoms with Gasteiger partial charge in [0.15, 0.2) is 0 Å². The summed E-state index contributed by atoms with van der Waals surface area (Å²) < 4.78 is 5.72. The fraction of sp³-hybridized carbons (Fsp3) is 0.320. The van der Waals surface area contributed by atoms with Gasteiger partial charge < -0.3 is 15.0 Å². The van der Waals surface area contributed by atoms with E-state index < -0.39 is 12.1 Å². The normalized spacial score (nSPS) is 21.4. The number of piperazine rings is 2. The van der Waals surface area contributed by atoms with Crippen LogP contribution in [0.2, 0.25) is 0 Å². The highest BCUT2D eigenvalue weighted by Crippen LogP contribution is 2.20. The van der Waals surface area contributed by atoms with Gasteiger partial charge in [-0.05, 0) is 29.3 Å². The second kappa shape index (κ2) is 9.06. The van der Waals surface area contributed by atoms with Crippen molar-refractivity contribution in [1.29, 1.82) is 0 Å². The first-order valence-electron chi connectivity index (χ1n) is 11.0. The summed E-state index contributed by atoms with van der Waals surface area (Å²) in [7, 11) is 0. The quantitative estimate of drug-likeness (QED) is 0.647. The van der Waals surface area contributed by atoms with E-state index in [4.69, 9.17) is 4.74 Å². The Morgan fingerprint density at radius 1 is 1.00 bits per heavy atom. The summed E-state index contributed by atoms with van der Waals surface area (Å²) in [6.07, 6.45) is 1.79. The Bertz CT molecular complexity index is 1120. The first-order chi connectivity index (χ1) is 15.7. The number of aromatic nitrogens is 1. The molecule has 0 unspecified atom stereocenters. The van der Waals surface area contributed by atoms with Crippen molar-refractivity contribution in [2.75, 3.05) is 26.2 Å². The Kier molecular flexibility index (Phi) is 5.83. The highest BCUT2D eigenvalue weighted by Gasteiger charge is 2.43. The van der Waals surface area contributed by atoms with Gasteiger partial charge in [0.2, 0.25) is 11.8 Å². The number of benzene rings is 2. The zero-order valence-corrected chi connectivity index (χ0v) is 17.8. The summed E-state index contributed by atoms with van der Waals surface area (Å²) in [5.74, 6) is -0.163. The standard InChI is InChI=1S/C25H26N4O3/c30-24-23-15-28(14-19-8-9-21-20(13-19)7-4-10-26-21)11-12-29(23)25(31)22(27-24)17-32-16-18-5-2-1-3-6-18/h1-10,13,22-23H,11-12,14-17H2,(H,27,30)/t22-,23+/m0/s1. The molecule has 164 valence electrons. The van der Waals surface area contributed by atoms with E-state index in [0.717, 1.165) is 29.6 Å². The molecule has 0 aliphatic carbocycles. The van der Waals surface area contributed by atoms with Gasteiger partial charge in [-0.25, -0.2) is 0 Å². The number of ether oxygens (including phenoxy) is 1. The van der Waals surface area contributed by atoms with Crippen molar-refractivity contribution in [3.05, 3.63) is 78.0 Å². The number of carbonyl (C=O) groups excluding carboxylic acids is 2. The summed E-state index contributed by atoms with van der Waals surface area (Å²) >= 11 is 0. The number of nitrogens with one attached hydrogen (secondary N) is 1. The number of carbonyl (C=O) groups is 2. The number of rotatable bonds is 6. The fourth-order valence-corrected chi connectivity index (χ4v) is 4.46. The van der Waals surface area contributed by atoms with Crippen LogP contribution in [0.3, 0.4) is 0 Å². The molecule has 2 aliphatic rings. The zero-order valence-electron chi connectivity index (χ0n) is 17.8. The van der Waals surface area contributed by atoms with Crippen LogP contribution in [-0.2, 0) is 27.5 Å². The number of hydrogen-bond donors (Lipinski definition) is 1. The number of amides is 2. The number of nitrogens with zero attached hydrogens (tertiary/aromatic N) is 3. The van der Waals surface area contributed by atoms with Gasteiger partial charge in [-0.3, -0.25) is 19.5 Å². The predicted molar refractivity (Wildman–Crippen MR) is 121 cm³/mol. The van der Waals surface area contributed by atoms with Crippen LogP contribution in [0, 0.1) is 0 Å². The summed E-state index contributed by atoms with van der Waals surface area (Å²) in [5, 5.41) is 3.97. The van der Waals surface area contributed by atoms with Crippen LogP contribution in [0.1, 0.15) is 11.1 Å². The molecule has 1 aromatic heterocycles. The molecule has 0 radical (unpaired) electrons. The lowest BCUT2D eigenvalue weighted by atomic mass is 10.0. The Morgan fingerprint density at radius 3 is 2.75 bits per heavy atom. The molecule has 2 fully saturated rings. The van der Waals surface area contributed by atoms with E-state index in [1.54, 1.807) is 11.1 Å². The third-order valence-corrected chi connectivity index (χ3v) is 6.13. The maximum Gasteiger partial charge on any atom is 0.248 e. The molecule has 2 aromatic carbocycles. The lowest BCUT2D eigenvalue weighted by Gasteiger charge is -2.45. The molecule has 2 saturated heterocycles. The fourth-order valence-electron chi connectivity index (χ4n) is 4.46. The monoisotopic (exact) mass is 430 g/mol. The molecule has 3 aromatic rings. The van der Waals surface area contributed by atoms with Crippen LogP contribution < -0.4 is 5.32 Å². The molecule has 0 bridgehead atoms. The van der Waals surface area contributed by atoms with E-state index in [1.807, 2.05) is 42.5 Å². The minimum absolute atomic E-state index is 0.0564. The molecule has 3 heterocycles. The third-order valence-electron chi connectivity index (χ3n) is 6.13. The van der Waals surface area contributed by atoms with E-state index in [0.29, 0.717) is 19.7 Å². The Labute approximate surface area is 187 Å². The van der Waals surface area contributed by atoms with Crippen molar-refractivity contribution in [2.45, 2.75) is 25.2 Å². The van der Waals surface area contributed by atoms with Crippen LogP contribution in [0.25, 0.3) is 10.9 Å². The van der Waals surface area contributed by atoms with E-state index in [1.165, 1.54) is 5.56 Å². The number of hydrogen-bond acceptors (Lipinski definition) is 5. The summed E-state index contributed by atoms with van der Waals surface area (Å²) in [4.78, 5) is 34.1. The maximum absolute atomic E-state index is 13.0. The average Bonchev–Trinajstić information content (AvgIpc) is 2.83. The first kappa shape index (κ1) is 20.6. The van der Waals surface area contributed by atoms with Crippen molar-refractivity contribution in [3.63, 3.8) is 0 Å². The Balaban J connectivity index is 1.18. The summed E-state index contributed by atoms with van der Waals surface area (Å²) in [5.41, 5.74) is 3.19. The molecule has 2 amide bonds. The number of pyridine rings is 1. The second-order valence-corrected chi connectivity index (χ2v) is 8.37. The molecule has 7 heteroatoms. The van der Waals surface area contributed by atoms with Crippen LogP contribution in [0.5, 0.6) is 0 Å². The molecule has 5 rings (SSSR count). The third kappa shape index (κ3) is 4.35. The van der Waals surface area contributed by atoms with Gasteiger partial charge >= 0.3 is 0 Å². The summed E-state index contributed by atoms with van der Waals surface area (Å²) in [6.45, 7) is 3.14. The molecule has 2 aliphatic heterocycles. The van der Waals surface area contributed by atoms with Crippen LogP contribution in [0.4, 0.5) is 0 Å². The minimum atomic E-state index is -0.623. The van der Waals surface area contributed by atoms with Crippen LogP contribution >= 0.6 is 0 Å². The van der Waals surface area contributed by atoms with Crippen molar-refractivity contribution < 1.29 is 14.3 Å². The SMILES string of the molecule is O=C1N[C@@H](COCc2ccccc2)C(=O)N2CCN(Cc3ccc4ncccc4c3)C[C@H]12. The van der Waals surface area contributed by atoms with E-state index in [2.05, 4.69) is 33.4 Å². The molecule has 32 heavy (non-hydrogen) atoms. The van der Waals surface area contributed by atoms with Gasteiger partial charge in [-0.15, -0.1) is 0 Å². The molecular weight excluding hydrogens is 404 g/mol. The topological polar surface area (TPSA) is 74.8 Å². The van der Waals surface area contributed by atoms with Crippen molar-refractivity contribution >= 4 is 22.7 Å². The van der Waals surface area contributed by atoms with Gasteiger partial charge in [0.25, 0.3) is 0 Å². The first-order valence-corrected chi connectivity index (χ1v) is 11.0. The number of fused-ring (bicyclic) bond motifs is 2. The van der Waals surface area contributed by atoms with Gasteiger partial charge in [0.1, 0.15) is 12.1 Å². The van der Waals surface area contributed by atoms with Gasteiger partial charge in [0.05, 0.1) is 18.7 Å². The van der Waals surface area contributed by atoms with E-state index >= 15 is 0 Å². The molecule has 0 saturated carbocycles. The summed E-state index contributed by atoms with van der Waals surface area (Å²) in [6, 6.07) is 18.9. The van der Waals surface area contributed by atoms with Crippen molar-refractivity contribution in [2.24, 2.45) is 0 Å². The predicted octanol–water partition coefficient (Wildman–Crippen LogP) is 1.96. The van der Waals surface area contributed by atoms with Gasteiger partial charge in [-0.1, -0.05) is 42.5 Å². The smallest absolute Gasteiger partial charge is 0.248 e. The van der Waals surface area contributed by atoms with Crippen molar-refractivity contribution in [3.8, 4) is 0 Å². The van der Waals surface area contributed by atoms with Gasteiger partial charge in [0, 0.05) is 37.8 Å². The maximum atomic E-state index is 13.0. The van der Waals surface area contributed by atoms with E-state index in [-0.39, 0.29) is 18.4 Å². The lowest BCUT2D eigenvalue weighted by Crippen LogP contribution is -2.69. The highest BCUT2D eigenvalue weighted by atomic mass is 16.5. The molecule has 0 spiro atoms. The molecule has 7 nitrogen and oxygen atoms in total. The largest absolute Gasteiger partial charge is 0.374 e. The van der Waals surface area contributed by atoms with Crippen molar-refractivity contribution in [1.82, 2.24) is 20.1 Å². The van der Waals surface area contributed by atoms with Gasteiger partial charge in [-0.2, -0.15) is 0 Å². The second-order valence-electron chi connectivity index (χ2n) is 8.37. The lowest BCUT2D eigenvalue weighted by molar-refractivity contribution is -0.155. The van der Waals surface area contributed by atoms with Crippen LogP contribution in [0.15, 0.2) is 66.9 Å². The van der Waals surface area contributed by atoms with Crippen LogP contribution in [-0.4, -0.2) is 64.9 Å². The molecule has 2 atom stereocenters. The Morgan fingerprint density at radius 2 is 1.88 bits per heavy atom.